The number of benzene rings is 1. The van der Waals surface area contributed by atoms with E-state index in [2.05, 4.69) is 21.2 Å². The zero-order valence-electron chi connectivity index (χ0n) is 12.2. The number of nitrogens with one attached hydrogen (secondary N) is 1. The minimum absolute atomic E-state index is 0. The Morgan fingerprint density at radius 3 is 2.45 bits per heavy atom. The highest BCUT2D eigenvalue weighted by molar-refractivity contribution is 9.10. The van der Waals surface area contributed by atoms with Crippen LogP contribution in [-0.4, -0.2) is 44.1 Å². The lowest BCUT2D eigenvalue weighted by molar-refractivity contribution is 0.0167. The van der Waals surface area contributed by atoms with Gasteiger partial charge in [-0.3, -0.25) is 4.90 Å². The second-order valence-corrected chi connectivity index (χ2v) is 5.60. The zero-order chi connectivity index (χ0) is 14.5. The predicted octanol–water partition coefficient (Wildman–Crippen LogP) is 3.90. The molecule has 22 heavy (non-hydrogen) atoms. The van der Waals surface area contributed by atoms with Gasteiger partial charge in [0, 0.05) is 36.2 Å². The molecule has 1 aromatic carbocycles. The maximum Gasteiger partial charge on any atom is 0.258 e. The lowest BCUT2D eigenvalue weighted by Gasteiger charge is -2.35. The monoisotopic (exact) mass is 420 g/mol. The number of halogens is 5. The predicted molar refractivity (Wildman–Crippen MR) is 93.0 cm³/mol. The van der Waals surface area contributed by atoms with Crippen molar-refractivity contribution in [3.63, 3.8) is 0 Å². The second-order valence-electron chi connectivity index (χ2n) is 4.68. The first kappa shape index (κ1) is 21.9. The van der Waals surface area contributed by atoms with Gasteiger partial charge in [0.1, 0.15) is 11.8 Å². The van der Waals surface area contributed by atoms with Crippen LogP contribution in [0.4, 0.5) is 8.78 Å². The maximum absolute atomic E-state index is 13.6. The quantitative estimate of drug-likeness (QED) is 0.780. The number of rotatable bonds is 5. The van der Waals surface area contributed by atoms with Gasteiger partial charge in [-0.1, -0.05) is 15.9 Å². The van der Waals surface area contributed by atoms with E-state index in [1.54, 1.807) is 12.1 Å². The summed E-state index contributed by atoms with van der Waals surface area (Å²) in [5.74, 6) is 0.541. The molecular formula is C14H21BrCl2F2N2O. The Labute approximate surface area is 150 Å². The van der Waals surface area contributed by atoms with E-state index in [9.17, 15) is 8.78 Å². The lowest BCUT2D eigenvalue weighted by Crippen LogP contribution is -2.47. The first-order valence-electron chi connectivity index (χ1n) is 6.78. The highest BCUT2D eigenvalue weighted by Crippen LogP contribution is 2.36. The second kappa shape index (κ2) is 10.6. The van der Waals surface area contributed by atoms with Gasteiger partial charge >= 0.3 is 0 Å². The van der Waals surface area contributed by atoms with Crippen molar-refractivity contribution in [3.8, 4) is 5.75 Å². The van der Waals surface area contributed by atoms with E-state index in [1.165, 1.54) is 0 Å². The molecule has 0 spiro atoms. The molecule has 2 rings (SSSR count). The van der Waals surface area contributed by atoms with Crippen LogP contribution in [0.15, 0.2) is 22.7 Å². The number of hydrogen-bond acceptors (Lipinski definition) is 3. The topological polar surface area (TPSA) is 24.5 Å². The van der Waals surface area contributed by atoms with Crippen LogP contribution in [0.5, 0.6) is 5.75 Å². The molecule has 0 aliphatic carbocycles. The van der Waals surface area contributed by atoms with Gasteiger partial charge in [0.05, 0.1) is 6.61 Å². The highest BCUT2D eigenvalue weighted by Gasteiger charge is 2.32. The van der Waals surface area contributed by atoms with E-state index >= 15 is 0 Å². The Kier molecular flexibility index (Phi) is 10.5. The summed E-state index contributed by atoms with van der Waals surface area (Å²) in [4.78, 5) is 1.82. The van der Waals surface area contributed by atoms with E-state index < -0.39 is 12.5 Å². The van der Waals surface area contributed by atoms with Crippen LogP contribution in [0.3, 0.4) is 0 Å². The molecule has 1 aliphatic heterocycles. The summed E-state index contributed by atoms with van der Waals surface area (Å²) in [6, 6.07) is 4.38. The Bertz CT molecular complexity index is 449. The minimum atomic E-state index is -2.44. The van der Waals surface area contributed by atoms with Crippen LogP contribution >= 0.6 is 40.7 Å². The molecule has 1 heterocycles. The van der Waals surface area contributed by atoms with E-state index in [-0.39, 0.29) is 24.8 Å². The SMILES string of the molecule is CCOc1ccc(Br)cc1[C@H](C(F)F)N1CCNCC1.Cl.Cl. The molecule has 0 radical (unpaired) electrons. The van der Waals surface area contributed by atoms with Crippen molar-refractivity contribution in [3.05, 3.63) is 28.2 Å². The summed E-state index contributed by atoms with van der Waals surface area (Å²) in [6.45, 7) is 5.03. The fourth-order valence-corrected chi connectivity index (χ4v) is 2.87. The third-order valence-corrected chi connectivity index (χ3v) is 3.87. The molecule has 1 fully saturated rings. The summed E-state index contributed by atoms with van der Waals surface area (Å²) in [7, 11) is 0. The van der Waals surface area contributed by atoms with Crippen molar-refractivity contribution < 1.29 is 13.5 Å². The fourth-order valence-electron chi connectivity index (χ4n) is 2.49. The van der Waals surface area contributed by atoms with Gasteiger partial charge in [0.25, 0.3) is 6.43 Å². The molecule has 1 aliphatic rings. The molecule has 1 saturated heterocycles. The molecule has 0 saturated carbocycles. The summed E-state index contributed by atoms with van der Waals surface area (Å²) in [5, 5.41) is 3.18. The Hall–Kier alpha value is -0.140. The Balaban J connectivity index is 0.00000220. The van der Waals surface area contributed by atoms with Crippen LogP contribution in [-0.2, 0) is 0 Å². The van der Waals surface area contributed by atoms with Crippen LogP contribution in [0, 0.1) is 0 Å². The third-order valence-electron chi connectivity index (χ3n) is 3.37. The largest absolute Gasteiger partial charge is 0.494 e. The van der Waals surface area contributed by atoms with Crippen molar-refractivity contribution >= 4 is 40.7 Å². The number of alkyl halides is 2. The molecule has 0 unspecified atom stereocenters. The van der Waals surface area contributed by atoms with Gasteiger partial charge < -0.3 is 10.1 Å². The van der Waals surface area contributed by atoms with Crippen LogP contribution in [0.2, 0.25) is 0 Å². The van der Waals surface area contributed by atoms with E-state index in [0.29, 0.717) is 31.0 Å². The molecule has 128 valence electrons. The molecule has 0 bridgehead atoms. The van der Waals surface area contributed by atoms with Crippen molar-refractivity contribution in [2.45, 2.75) is 19.4 Å². The Morgan fingerprint density at radius 2 is 1.91 bits per heavy atom. The average molecular weight is 422 g/mol. The lowest BCUT2D eigenvalue weighted by atomic mass is 10.0. The summed E-state index contributed by atoms with van der Waals surface area (Å²) in [6.07, 6.45) is -2.44. The Morgan fingerprint density at radius 1 is 1.27 bits per heavy atom. The molecule has 1 N–H and O–H groups in total. The fraction of sp³-hybridized carbons (Fsp3) is 0.571. The molecule has 8 heteroatoms. The van der Waals surface area contributed by atoms with Crippen molar-refractivity contribution in [1.82, 2.24) is 10.2 Å². The van der Waals surface area contributed by atoms with Crippen molar-refractivity contribution in [1.29, 1.82) is 0 Å². The van der Waals surface area contributed by atoms with E-state index in [0.717, 1.165) is 17.6 Å². The molecular weight excluding hydrogens is 401 g/mol. The number of ether oxygens (including phenoxy) is 1. The summed E-state index contributed by atoms with van der Waals surface area (Å²) >= 11 is 3.36. The normalized spacial score (nSPS) is 16.6. The van der Waals surface area contributed by atoms with E-state index in [1.807, 2.05) is 17.9 Å². The zero-order valence-corrected chi connectivity index (χ0v) is 15.4. The summed E-state index contributed by atoms with van der Waals surface area (Å²) in [5.41, 5.74) is 0.554. The standard InChI is InChI=1S/C14H19BrF2N2O.2ClH/c1-2-20-12-4-3-10(15)9-11(12)13(14(16)17)19-7-5-18-6-8-19;;/h3-4,9,13-14,18H,2,5-8H2,1H3;2*1H/t13-;;/m1../s1. The van der Waals surface area contributed by atoms with Gasteiger partial charge in [-0.25, -0.2) is 8.78 Å². The molecule has 1 aromatic rings. The van der Waals surface area contributed by atoms with E-state index in [4.69, 9.17) is 4.74 Å². The van der Waals surface area contributed by atoms with Gasteiger partial charge in [0.15, 0.2) is 0 Å². The molecule has 0 amide bonds. The average Bonchev–Trinajstić information content (AvgIpc) is 2.43. The van der Waals surface area contributed by atoms with Crippen LogP contribution in [0.1, 0.15) is 18.5 Å². The van der Waals surface area contributed by atoms with Gasteiger partial charge in [-0.05, 0) is 25.1 Å². The van der Waals surface area contributed by atoms with Crippen LogP contribution in [0.25, 0.3) is 0 Å². The summed E-state index contributed by atoms with van der Waals surface area (Å²) < 4.78 is 33.5. The number of nitrogens with zero attached hydrogens (tertiary/aromatic N) is 1. The van der Waals surface area contributed by atoms with Gasteiger partial charge in [-0.15, -0.1) is 24.8 Å². The number of piperazine rings is 1. The first-order chi connectivity index (χ1) is 9.63. The van der Waals surface area contributed by atoms with Crippen molar-refractivity contribution in [2.75, 3.05) is 32.8 Å². The minimum Gasteiger partial charge on any atom is -0.494 e. The third kappa shape index (κ3) is 5.49. The smallest absolute Gasteiger partial charge is 0.258 e. The molecule has 3 nitrogen and oxygen atoms in total. The maximum atomic E-state index is 13.6. The van der Waals surface area contributed by atoms with Gasteiger partial charge in [0.2, 0.25) is 0 Å². The first-order valence-corrected chi connectivity index (χ1v) is 7.58. The number of hydrogen-bond donors (Lipinski definition) is 1. The molecule has 0 aromatic heterocycles. The highest BCUT2D eigenvalue weighted by atomic mass is 79.9. The molecule has 1 atom stereocenters. The van der Waals surface area contributed by atoms with Crippen molar-refractivity contribution in [2.24, 2.45) is 0 Å². The van der Waals surface area contributed by atoms with Crippen LogP contribution < -0.4 is 10.1 Å². The van der Waals surface area contributed by atoms with Gasteiger partial charge in [-0.2, -0.15) is 0 Å².